The number of ether oxygens (including phenoxy) is 2. The number of aryl methyl sites for hydroxylation is 2. The topological polar surface area (TPSA) is 69.6 Å². The number of aromatic nitrogens is 1. The fourth-order valence-corrected chi connectivity index (χ4v) is 3.50. The Morgan fingerprint density at radius 2 is 1.76 bits per heavy atom. The van der Waals surface area contributed by atoms with Gasteiger partial charge in [-0.05, 0) is 43.2 Å². The van der Waals surface area contributed by atoms with E-state index < -0.39 is 0 Å². The molecule has 0 saturated carbocycles. The molecule has 0 saturated heterocycles. The highest BCUT2D eigenvalue weighted by atomic mass is 35.5. The van der Waals surface area contributed by atoms with Crippen LogP contribution >= 0.6 is 11.6 Å². The molecule has 2 aromatic carbocycles. The quantitative estimate of drug-likeness (QED) is 0.663. The number of methoxy groups -OCH3 is 2. The minimum atomic E-state index is -0.305. The van der Waals surface area contributed by atoms with Crippen molar-refractivity contribution in [3.8, 4) is 11.5 Å². The van der Waals surface area contributed by atoms with E-state index in [2.05, 4.69) is 5.32 Å². The van der Waals surface area contributed by atoms with Crippen LogP contribution in [0.4, 0.5) is 0 Å². The highest BCUT2D eigenvalue weighted by Gasteiger charge is 2.18. The molecule has 1 N–H and O–H groups in total. The number of hydrogen-bond donors (Lipinski definition) is 1. The summed E-state index contributed by atoms with van der Waals surface area (Å²) in [6.45, 7) is 4.52. The Morgan fingerprint density at radius 3 is 2.34 bits per heavy atom. The summed E-state index contributed by atoms with van der Waals surface area (Å²) >= 11 is 6.27. The second-order valence-corrected chi connectivity index (χ2v) is 7.07. The maximum absolute atomic E-state index is 13.0. The molecular formula is C22H23ClN2O4. The van der Waals surface area contributed by atoms with Gasteiger partial charge in [-0.15, -0.1) is 0 Å². The summed E-state index contributed by atoms with van der Waals surface area (Å²) in [4.78, 5) is 25.8. The summed E-state index contributed by atoms with van der Waals surface area (Å²) in [6.07, 6.45) is 1.57. The molecule has 3 rings (SSSR count). The van der Waals surface area contributed by atoms with E-state index in [9.17, 15) is 9.59 Å². The second-order valence-electron chi connectivity index (χ2n) is 6.66. The molecule has 7 heteroatoms. The summed E-state index contributed by atoms with van der Waals surface area (Å²) < 4.78 is 12.2. The van der Waals surface area contributed by atoms with Crippen LogP contribution in [-0.2, 0) is 13.1 Å². The first-order chi connectivity index (χ1) is 13.9. The number of carbonyl (C=O) groups is 1. The summed E-state index contributed by atoms with van der Waals surface area (Å²) in [6, 6.07) is 8.94. The first kappa shape index (κ1) is 20.7. The number of hydrogen-bond acceptors (Lipinski definition) is 4. The van der Waals surface area contributed by atoms with E-state index in [-0.39, 0.29) is 18.0 Å². The van der Waals surface area contributed by atoms with Crippen LogP contribution < -0.4 is 20.3 Å². The maximum atomic E-state index is 13.0. The van der Waals surface area contributed by atoms with Gasteiger partial charge in [0.1, 0.15) is 0 Å². The van der Waals surface area contributed by atoms with Crippen LogP contribution in [0.2, 0.25) is 5.02 Å². The van der Waals surface area contributed by atoms with E-state index in [0.717, 1.165) is 11.1 Å². The zero-order valence-corrected chi connectivity index (χ0v) is 17.6. The summed E-state index contributed by atoms with van der Waals surface area (Å²) in [5.74, 6) is 0.578. The Balaban J connectivity index is 2.05. The van der Waals surface area contributed by atoms with Gasteiger partial charge in [-0.25, -0.2) is 0 Å². The van der Waals surface area contributed by atoms with Crippen LogP contribution in [0, 0.1) is 6.92 Å². The van der Waals surface area contributed by atoms with Crippen LogP contribution in [0.25, 0.3) is 10.8 Å². The van der Waals surface area contributed by atoms with E-state index >= 15 is 0 Å². The number of nitrogens with one attached hydrogen (secondary N) is 1. The van der Waals surface area contributed by atoms with Crippen molar-refractivity contribution in [3.63, 3.8) is 0 Å². The molecule has 0 radical (unpaired) electrons. The first-order valence-electron chi connectivity index (χ1n) is 9.22. The fourth-order valence-electron chi connectivity index (χ4n) is 3.20. The van der Waals surface area contributed by atoms with Gasteiger partial charge >= 0.3 is 0 Å². The molecule has 0 bridgehead atoms. The Labute approximate surface area is 174 Å². The number of amides is 1. The first-order valence-corrected chi connectivity index (χ1v) is 9.59. The van der Waals surface area contributed by atoms with Gasteiger partial charge in [0.2, 0.25) is 0 Å². The lowest BCUT2D eigenvalue weighted by atomic mass is 10.1. The Morgan fingerprint density at radius 1 is 1.10 bits per heavy atom. The maximum Gasteiger partial charge on any atom is 0.258 e. The SMILES string of the molecule is CCn1cc(C(=O)NCc2ccc(C)cc2Cl)c2cc(OC)c(OC)cc2c1=O. The lowest BCUT2D eigenvalue weighted by molar-refractivity contribution is 0.0952. The third-order valence-corrected chi connectivity index (χ3v) is 5.18. The van der Waals surface area contributed by atoms with Gasteiger partial charge in [-0.1, -0.05) is 23.7 Å². The van der Waals surface area contributed by atoms with Crippen molar-refractivity contribution in [1.29, 1.82) is 0 Å². The molecule has 1 amide bonds. The smallest absolute Gasteiger partial charge is 0.258 e. The van der Waals surface area contributed by atoms with Crippen LogP contribution in [0.15, 0.2) is 41.3 Å². The Hall–Kier alpha value is -2.99. The Bertz CT molecular complexity index is 1140. The molecule has 0 aliphatic heterocycles. The van der Waals surface area contributed by atoms with E-state index in [1.807, 2.05) is 32.0 Å². The summed E-state index contributed by atoms with van der Waals surface area (Å²) in [5.41, 5.74) is 2.05. The van der Waals surface area contributed by atoms with Crippen molar-refractivity contribution in [2.24, 2.45) is 0 Å². The molecule has 29 heavy (non-hydrogen) atoms. The molecule has 0 spiro atoms. The molecule has 0 unspecified atom stereocenters. The normalized spacial score (nSPS) is 10.8. The molecule has 3 aromatic rings. The van der Waals surface area contributed by atoms with Crippen LogP contribution in [-0.4, -0.2) is 24.7 Å². The lowest BCUT2D eigenvalue weighted by Crippen LogP contribution is -2.27. The van der Waals surface area contributed by atoms with Crippen LogP contribution in [0.3, 0.4) is 0 Å². The summed E-state index contributed by atoms with van der Waals surface area (Å²) in [5, 5.41) is 4.39. The fraction of sp³-hybridized carbons (Fsp3) is 0.273. The number of carbonyl (C=O) groups excluding carboxylic acids is 1. The minimum Gasteiger partial charge on any atom is -0.493 e. The van der Waals surface area contributed by atoms with Gasteiger partial charge in [0.15, 0.2) is 11.5 Å². The standard InChI is InChI=1S/C22H23ClN2O4/c1-5-25-12-17(21(26)24-11-14-7-6-13(2)8-18(14)23)15-9-19(28-3)20(29-4)10-16(15)22(25)27/h6-10,12H,5,11H2,1-4H3,(H,24,26). The minimum absolute atomic E-state index is 0.193. The van der Waals surface area contributed by atoms with E-state index in [4.69, 9.17) is 21.1 Å². The third-order valence-electron chi connectivity index (χ3n) is 4.82. The van der Waals surface area contributed by atoms with Gasteiger partial charge in [-0.3, -0.25) is 9.59 Å². The number of pyridine rings is 1. The van der Waals surface area contributed by atoms with Crippen molar-refractivity contribution in [2.75, 3.05) is 14.2 Å². The van der Waals surface area contributed by atoms with Gasteiger partial charge < -0.3 is 19.4 Å². The highest BCUT2D eigenvalue weighted by Crippen LogP contribution is 2.32. The number of fused-ring (bicyclic) bond motifs is 1. The van der Waals surface area contributed by atoms with Crippen molar-refractivity contribution < 1.29 is 14.3 Å². The van der Waals surface area contributed by atoms with E-state index in [1.165, 1.54) is 18.8 Å². The molecule has 1 aromatic heterocycles. The number of nitrogens with zero attached hydrogens (tertiary/aromatic N) is 1. The molecule has 0 aliphatic carbocycles. The lowest BCUT2D eigenvalue weighted by Gasteiger charge is -2.14. The van der Waals surface area contributed by atoms with Crippen LogP contribution in [0.1, 0.15) is 28.4 Å². The van der Waals surface area contributed by atoms with Crippen molar-refractivity contribution in [3.05, 3.63) is 68.6 Å². The Kier molecular flexibility index (Phi) is 6.13. The number of benzene rings is 2. The molecule has 0 aliphatic rings. The molecule has 6 nitrogen and oxygen atoms in total. The molecule has 1 heterocycles. The average Bonchev–Trinajstić information content (AvgIpc) is 2.72. The largest absolute Gasteiger partial charge is 0.493 e. The van der Waals surface area contributed by atoms with Gasteiger partial charge in [0.05, 0.1) is 25.2 Å². The molecule has 152 valence electrons. The second kappa shape index (κ2) is 8.57. The predicted octanol–water partition coefficient (Wildman–Crippen LogP) is 3.93. The number of rotatable bonds is 6. The number of halogens is 1. The molecule has 0 fully saturated rings. The summed E-state index contributed by atoms with van der Waals surface area (Å²) in [7, 11) is 3.01. The predicted molar refractivity (Wildman–Crippen MR) is 114 cm³/mol. The van der Waals surface area contributed by atoms with E-state index in [0.29, 0.717) is 39.4 Å². The van der Waals surface area contributed by atoms with Crippen molar-refractivity contribution >= 4 is 28.3 Å². The third kappa shape index (κ3) is 4.07. The molecule has 0 atom stereocenters. The van der Waals surface area contributed by atoms with Crippen molar-refractivity contribution in [2.45, 2.75) is 26.9 Å². The zero-order chi connectivity index (χ0) is 21.1. The van der Waals surface area contributed by atoms with Gasteiger partial charge in [0.25, 0.3) is 11.5 Å². The molecular weight excluding hydrogens is 392 g/mol. The van der Waals surface area contributed by atoms with Crippen molar-refractivity contribution in [1.82, 2.24) is 9.88 Å². The van der Waals surface area contributed by atoms with E-state index in [1.54, 1.807) is 18.3 Å². The van der Waals surface area contributed by atoms with Gasteiger partial charge in [-0.2, -0.15) is 0 Å². The highest BCUT2D eigenvalue weighted by molar-refractivity contribution is 6.31. The average molecular weight is 415 g/mol. The van der Waals surface area contributed by atoms with Crippen LogP contribution in [0.5, 0.6) is 11.5 Å². The zero-order valence-electron chi connectivity index (χ0n) is 16.8. The monoisotopic (exact) mass is 414 g/mol. The van der Waals surface area contributed by atoms with Gasteiger partial charge in [0, 0.05) is 29.7 Å².